The van der Waals surface area contributed by atoms with Crippen molar-refractivity contribution in [1.29, 1.82) is 0 Å². The number of aromatic nitrogens is 5. The van der Waals surface area contributed by atoms with Crippen LogP contribution in [0.3, 0.4) is 0 Å². The Bertz CT molecular complexity index is 903. The van der Waals surface area contributed by atoms with E-state index in [0.29, 0.717) is 19.0 Å². The lowest BCUT2D eigenvalue weighted by Gasteiger charge is -2.31. The van der Waals surface area contributed by atoms with Gasteiger partial charge in [0.05, 0.1) is 18.8 Å². The number of hydrogen-bond donors (Lipinski definition) is 2. The molecule has 2 amide bonds. The number of carbonyl (C=O) groups is 1. The molecule has 1 saturated heterocycles. The number of hydrogen-bond acceptors (Lipinski definition) is 5. The van der Waals surface area contributed by atoms with Gasteiger partial charge >= 0.3 is 6.03 Å². The molecule has 136 valence electrons. The van der Waals surface area contributed by atoms with E-state index in [9.17, 15) is 4.79 Å². The van der Waals surface area contributed by atoms with Crippen LogP contribution in [0.15, 0.2) is 36.8 Å². The molecule has 2 N–H and O–H groups in total. The minimum Gasteiger partial charge on any atom is -0.371 e. The maximum atomic E-state index is 12.4. The first-order valence-electron chi connectivity index (χ1n) is 8.64. The van der Waals surface area contributed by atoms with Crippen LogP contribution in [0.1, 0.15) is 30.3 Å². The van der Waals surface area contributed by atoms with Crippen LogP contribution in [0.25, 0.3) is 5.65 Å². The quantitative estimate of drug-likeness (QED) is 0.732. The summed E-state index contributed by atoms with van der Waals surface area (Å²) in [6, 6.07) is 5.33. The Balaban J connectivity index is 1.38. The first kappa shape index (κ1) is 16.5. The summed E-state index contributed by atoms with van der Waals surface area (Å²) in [5.41, 5.74) is 1.72. The van der Waals surface area contributed by atoms with E-state index in [0.717, 1.165) is 24.1 Å². The Morgan fingerprint density at radius 2 is 2.31 bits per heavy atom. The minimum absolute atomic E-state index is 0.0944. The molecule has 26 heavy (non-hydrogen) atoms. The summed E-state index contributed by atoms with van der Waals surface area (Å²) >= 11 is 0. The summed E-state index contributed by atoms with van der Waals surface area (Å²) in [6.45, 7) is 0.979. The lowest BCUT2D eigenvalue weighted by molar-refractivity contribution is -0.00747. The topological polar surface area (TPSA) is 98.4 Å². The number of urea groups is 1. The number of fused-ring (bicyclic) bond motifs is 1. The van der Waals surface area contributed by atoms with Crippen molar-refractivity contribution in [3.05, 3.63) is 48.2 Å². The first-order chi connectivity index (χ1) is 12.7. The molecule has 9 nitrogen and oxygen atoms in total. The number of ether oxygens (including phenoxy) is 1. The lowest BCUT2D eigenvalue weighted by Crippen LogP contribution is -2.47. The third-order valence-corrected chi connectivity index (χ3v) is 4.48. The predicted molar refractivity (Wildman–Crippen MR) is 93.3 cm³/mol. The molecule has 0 spiro atoms. The highest BCUT2D eigenvalue weighted by Gasteiger charge is 2.29. The van der Waals surface area contributed by atoms with Crippen LogP contribution in [0.4, 0.5) is 4.79 Å². The van der Waals surface area contributed by atoms with E-state index in [1.54, 1.807) is 10.9 Å². The van der Waals surface area contributed by atoms with Crippen molar-refractivity contribution in [2.45, 2.75) is 31.5 Å². The molecule has 1 aliphatic rings. The van der Waals surface area contributed by atoms with E-state index in [-0.39, 0.29) is 18.2 Å². The van der Waals surface area contributed by atoms with Gasteiger partial charge in [-0.1, -0.05) is 6.07 Å². The first-order valence-corrected chi connectivity index (χ1v) is 8.64. The van der Waals surface area contributed by atoms with Crippen LogP contribution < -0.4 is 10.6 Å². The van der Waals surface area contributed by atoms with Crippen molar-refractivity contribution < 1.29 is 9.53 Å². The fourth-order valence-corrected chi connectivity index (χ4v) is 3.23. The molecule has 4 heterocycles. The van der Waals surface area contributed by atoms with E-state index in [2.05, 4.69) is 25.9 Å². The van der Waals surface area contributed by atoms with Crippen molar-refractivity contribution in [1.82, 2.24) is 35.0 Å². The standard InChI is InChI=1S/C17H21N7O2/c1-23-11-12(9-19-23)16-13(5-4-8-26-16)20-17(25)18-10-15-22-21-14-6-2-3-7-24(14)15/h2-3,6-7,9,11,13,16H,4-5,8,10H2,1H3,(H2,18,20,25)/t13-,16+/m0/s1. The summed E-state index contributed by atoms with van der Waals surface area (Å²) in [5.74, 6) is 0.680. The maximum absolute atomic E-state index is 12.4. The fraction of sp³-hybridized carbons (Fsp3) is 0.412. The second-order valence-corrected chi connectivity index (χ2v) is 6.36. The van der Waals surface area contributed by atoms with Gasteiger partial charge in [0.2, 0.25) is 0 Å². The van der Waals surface area contributed by atoms with Gasteiger partial charge in [-0.3, -0.25) is 9.08 Å². The van der Waals surface area contributed by atoms with Gasteiger partial charge in [0.1, 0.15) is 6.10 Å². The van der Waals surface area contributed by atoms with Gasteiger partial charge in [0, 0.05) is 31.6 Å². The summed E-state index contributed by atoms with van der Waals surface area (Å²) in [5, 5.41) is 18.3. The maximum Gasteiger partial charge on any atom is 0.315 e. The molecule has 4 rings (SSSR count). The lowest BCUT2D eigenvalue weighted by atomic mass is 9.98. The highest BCUT2D eigenvalue weighted by Crippen LogP contribution is 2.28. The summed E-state index contributed by atoms with van der Waals surface area (Å²) in [6.07, 6.45) is 7.17. The van der Waals surface area contributed by atoms with Gasteiger partial charge in [-0.05, 0) is 25.0 Å². The largest absolute Gasteiger partial charge is 0.371 e. The number of nitrogens with zero attached hydrogens (tertiary/aromatic N) is 5. The van der Waals surface area contributed by atoms with Gasteiger partial charge in [-0.25, -0.2) is 4.79 Å². The zero-order valence-electron chi connectivity index (χ0n) is 14.5. The third kappa shape index (κ3) is 3.38. The van der Waals surface area contributed by atoms with E-state index in [1.165, 1.54) is 0 Å². The molecular weight excluding hydrogens is 334 g/mol. The molecule has 3 aromatic heterocycles. The molecule has 0 aliphatic carbocycles. The van der Waals surface area contributed by atoms with Crippen molar-refractivity contribution in [3.8, 4) is 0 Å². The highest BCUT2D eigenvalue weighted by molar-refractivity contribution is 5.74. The molecule has 0 aromatic carbocycles. The monoisotopic (exact) mass is 355 g/mol. The molecule has 1 aliphatic heterocycles. The van der Waals surface area contributed by atoms with Crippen LogP contribution in [0.2, 0.25) is 0 Å². The van der Waals surface area contributed by atoms with Gasteiger partial charge < -0.3 is 15.4 Å². The molecule has 0 saturated carbocycles. The second kappa shape index (κ2) is 7.12. The summed E-state index contributed by atoms with van der Waals surface area (Å²) in [4.78, 5) is 12.4. The summed E-state index contributed by atoms with van der Waals surface area (Å²) < 4.78 is 9.46. The van der Waals surface area contributed by atoms with Gasteiger partial charge in [-0.2, -0.15) is 5.10 Å². The van der Waals surface area contributed by atoms with Crippen molar-refractivity contribution in [2.75, 3.05) is 6.61 Å². The van der Waals surface area contributed by atoms with Crippen LogP contribution in [0, 0.1) is 0 Å². The number of rotatable bonds is 4. The number of amides is 2. The molecule has 0 unspecified atom stereocenters. The number of pyridine rings is 1. The van der Waals surface area contributed by atoms with Crippen LogP contribution >= 0.6 is 0 Å². The van der Waals surface area contributed by atoms with Crippen LogP contribution in [-0.2, 0) is 18.3 Å². The van der Waals surface area contributed by atoms with E-state index in [4.69, 9.17) is 4.74 Å². The van der Waals surface area contributed by atoms with Gasteiger partial charge in [-0.15, -0.1) is 10.2 Å². The SMILES string of the molecule is Cn1cc([C@H]2OCCC[C@@H]2NC(=O)NCc2nnc3ccccn23)cn1. The number of carbonyl (C=O) groups excluding carboxylic acids is 1. The third-order valence-electron chi connectivity index (χ3n) is 4.48. The molecule has 1 fully saturated rings. The Labute approximate surface area is 150 Å². The van der Waals surface area contributed by atoms with Crippen molar-refractivity contribution in [3.63, 3.8) is 0 Å². The number of nitrogens with one attached hydrogen (secondary N) is 2. The Morgan fingerprint density at radius 3 is 3.15 bits per heavy atom. The molecule has 2 atom stereocenters. The Kier molecular flexibility index (Phi) is 4.53. The van der Waals surface area contributed by atoms with Crippen molar-refractivity contribution in [2.24, 2.45) is 7.05 Å². The fourth-order valence-electron chi connectivity index (χ4n) is 3.23. The minimum atomic E-state index is -0.248. The van der Waals surface area contributed by atoms with Crippen LogP contribution in [-0.4, -0.2) is 43.1 Å². The van der Waals surface area contributed by atoms with Crippen LogP contribution in [0.5, 0.6) is 0 Å². The average molecular weight is 355 g/mol. The highest BCUT2D eigenvalue weighted by atomic mass is 16.5. The van der Waals surface area contributed by atoms with E-state index in [1.807, 2.05) is 42.0 Å². The zero-order chi connectivity index (χ0) is 17.9. The summed E-state index contributed by atoms with van der Waals surface area (Å²) in [7, 11) is 1.87. The smallest absolute Gasteiger partial charge is 0.315 e. The molecule has 3 aromatic rings. The molecule has 0 bridgehead atoms. The average Bonchev–Trinajstić information content (AvgIpc) is 3.27. The zero-order valence-corrected chi connectivity index (χ0v) is 14.5. The number of aryl methyl sites for hydroxylation is 1. The normalized spacial score (nSPS) is 20.2. The molecular formula is C17H21N7O2. The Morgan fingerprint density at radius 1 is 1.38 bits per heavy atom. The predicted octanol–water partition coefficient (Wildman–Crippen LogP) is 1.18. The Hall–Kier alpha value is -2.94. The van der Waals surface area contributed by atoms with Crippen molar-refractivity contribution >= 4 is 11.7 Å². The molecule has 9 heteroatoms. The van der Waals surface area contributed by atoms with E-state index < -0.39 is 0 Å². The van der Waals surface area contributed by atoms with Gasteiger partial charge in [0.25, 0.3) is 0 Å². The van der Waals surface area contributed by atoms with Gasteiger partial charge in [0.15, 0.2) is 11.5 Å². The van der Waals surface area contributed by atoms with E-state index >= 15 is 0 Å². The second-order valence-electron chi connectivity index (χ2n) is 6.36. The molecule has 0 radical (unpaired) electrons.